The van der Waals surface area contributed by atoms with Gasteiger partial charge < -0.3 is 42.6 Å². The molecule has 1 heterocycles. The van der Waals surface area contributed by atoms with Gasteiger partial charge >= 0.3 is 11.9 Å². The van der Waals surface area contributed by atoms with Gasteiger partial charge in [-0.1, -0.05) is 20.3 Å². The van der Waals surface area contributed by atoms with E-state index >= 15 is 0 Å². The predicted molar refractivity (Wildman–Crippen MR) is 119 cm³/mol. The van der Waals surface area contributed by atoms with Crippen LogP contribution in [0.4, 0.5) is 0 Å². The minimum Gasteiger partial charge on any atom is -0.481 e. The summed E-state index contributed by atoms with van der Waals surface area (Å²) in [6, 6.07) is -5.66. The largest absolute Gasteiger partial charge is 0.481 e. The fourth-order valence-electron chi connectivity index (χ4n) is 2.94. The Morgan fingerprint density at radius 2 is 1.54 bits per heavy atom. The molecule has 10 N–H and O–H groups in total. The molecule has 0 aromatic carbocycles. The zero-order valence-corrected chi connectivity index (χ0v) is 19.3. The van der Waals surface area contributed by atoms with E-state index in [9.17, 15) is 39.0 Å². The van der Waals surface area contributed by atoms with Crippen molar-refractivity contribution in [3.8, 4) is 0 Å². The molecule has 1 rings (SSSR count). The number of aliphatic carboxylic acids is 2. The molecule has 0 saturated carbocycles. The summed E-state index contributed by atoms with van der Waals surface area (Å²) in [6.07, 6.45) is 1.53. The van der Waals surface area contributed by atoms with Gasteiger partial charge in [-0.25, -0.2) is 9.78 Å². The maximum Gasteiger partial charge on any atom is 0.326 e. The number of H-pyrrole nitrogens is 1. The quantitative estimate of drug-likeness (QED) is 0.123. The smallest absolute Gasteiger partial charge is 0.326 e. The SMILES string of the molecule is CCC(C)C(N)C(=O)NC(CC(=O)O)C(=O)NC(Cc1cnc[nH]1)C(=O)NC(CC(N)=O)C(=O)O. The number of aromatic amines is 1. The lowest BCUT2D eigenvalue weighted by Crippen LogP contribution is -2.58. The Kier molecular flexibility index (Phi) is 11.3. The lowest BCUT2D eigenvalue weighted by Gasteiger charge is -2.25. The number of amides is 4. The zero-order valence-electron chi connectivity index (χ0n) is 19.3. The average molecular weight is 498 g/mol. The Labute approximate surface area is 200 Å². The van der Waals surface area contributed by atoms with Crippen molar-refractivity contribution in [2.24, 2.45) is 17.4 Å². The number of carbonyl (C=O) groups is 6. The number of nitrogens with zero attached hydrogens (tertiary/aromatic N) is 1. The molecule has 0 radical (unpaired) electrons. The second kappa shape index (κ2) is 13.6. The second-order valence-corrected chi connectivity index (χ2v) is 7.98. The number of nitrogens with two attached hydrogens (primary N) is 2. The molecule has 15 nitrogen and oxygen atoms in total. The summed E-state index contributed by atoms with van der Waals surface area (Å²) in [6.45, 7) is 3.52. The molecule has 194 valence electrons. The molecular formula is C20H31N7O8. The van der Waals surface area contributed by atoms with Gasteiger partial charge in [-0.3, -0.25) is 24.0 Å². The Bertz CT molecular complexity index is 921. The number of carboxylic acids is 2. The van der Waals surface area contributed by atoms with Gasteiger partial charge in [0.05, 0.1) is 25.2 Å². The number of carboxylic acid groups (broad SMARTS) is 2. The number of carbonyl (C=O) groups excluding carboxylic acids is 4. The summed E-state index contributed by atoms with van der Waals surface area (Å²) in [7, 11) is 0. The van der Waals surface area contributed by atoms with Gasteiger partial charge in [-0.05, 0) is 5.92 Å². The van der Waals surface area contributed by atoms with Crippen LogP contribution in [0.15, 0.2) is 12.5 Å². The van der Waals surface area contributed by atoms with E-state index in [1.54, 1.807) is 13.8 Å². The van der Waals surface area contributed by atoms with E-state index in [-0.39, 0.29) is 12.3 Å². The van der Waals surface area contributed by atoms with E-state index in [0.29, 0.717) is 12.1 Å². The highest BCUT2D eigenvalue weighted by Gasteiger charge is 2.32. The van der Waals surface area contributed by atoms with E-state index < -0.39 is 72.6 Å². The molecule has 0 aliphatic rings. The molecule has 1 aromatic heterocycles. The minimum atomic E-state index is -1.66. The first kappa shape index (κ1) is 29.0. The maximum atomic E-state index is 12.9. The summed E-state index contributed by atoms with van der Waals surface area (Å²) in [5, 5.41) is 25.2. The molecule has 0 fully saturated rings. The van der Waals surface area contributed by atoms with E-state index in [2.05, 4.69) is 25.9 Å². The number of aromatic nitrogens is 2. The van der Waals surface area contributed by atoms with Crippen LogP contribution in [0.25, 0.3) is 0 Å². The zero-order chi connectivity index (χ0) is 26.7. The lowest BCUT2D eigenvalue weighted by molar-refractivity contribution is -0.144. The van der Waals surface area contributed by atoms with E-state index in [1.807, 2.05) is 0 Å². The van der Waals surface area contributed by atoms with Gasteiger partial charge in [0.15, 0.2) is 0 Å². The van der Waals surface area contributed by atoms with Crippen LogP contribution < -0.4 is 27.4 Å². The first-order valence-corrected chi connectivity index (χ1v) is 10.7. The summed E-state index contributed by atoms with van der Waals surface area (Å²) >= 11 is 0. The third kappa shape index (κ3) is 9.79. The fourth-order valence-corrected chi connectivity index (χ4v) is 2.94. The van der Waals surface area contributed by atoms with Crippen molar-refractivity contribution in [2.75, 3.05) is 0 Å². The highest BCUT2D eigenvalue weighted by atomic mass is 16.4. The molecule has 0 aliphatic carbocycles. The van der Waals surface area contributed by atoms with Crippen molar-refractivity contribution < 1.29 is 39.0 Å². The average Bonchev–Trinajstić information content (AvgIpc) is 3.28. The molecule has 0 aliphatic heterocycles. The van der Waals surface area contributed by atoms with Crippen LogP contribution in [0, 0.1) is 5.92 Å². The number of rotatable bonds is 15. The maximum absolute atomic E-state index is 12.9. The van der Waals surface area contributed by atoms with Crippen LogP contribution in [-0.4, -0.2) is 79.9 Å². The number of nitrogens with one attached hydrogen (secondary N) is 4. The standard InChI is InChI=1S/C20H31N7O8/c1-3-9(2)16(22)19(33)26-12(6-15(29)30)18(32)25-11(4-10-7-23-8-24-10)17(31)27-13(20(34)35)5-14(21)28/h7-9,11-13,16H,3-6,22H2,1-2H3,(H2,21,28)(H,23,24)(H,25,32)(H,26,33)(H,27,31)(H,29,30)(H,34,35). The number of hydrogen-bond acceptors (Lipinski definition) is 8. The molecule has 4 amide bonds. The minimum absolute atomic E-state index is 0.194. The molecular weight excluding hydrogens is 466 g/mol. The van der Waals surface area contributed by atoms with Gasteiger partial charge in [0.2, 0.25) is 23.6 Å². The summed E-state index contributed by atoms with van der Waals surface area (Å²) < 4.78 is 0. The van der Waals surface area contributed by atoms with Crippen molar-refractivity contribution in [2.45, 2.75) is 63.7 Å². The van der Waals surface area contributed by atoms with Gasteiger partial charge in [0.25, 0.3) is 0 Å². The molecule has 0 saturated heterocycles. The predicted octanol–water partition coefficient (Wildman–Crippen LogP) is -2.79. The van der Waals surface area contributed by atoms with Crippen LogP contribution in [-0.2, 0) is 35.2 Å². The highest BCUT2D eigenvalue weighted by molar-refractivity contribution is 5.96. The number of imidazole rings is 1. The first-order chi connectivity index (χ1) is 16.3. The lowest BCUT2D eigenvalue weighted by atomic mass is 9.99. The van der Waals surface area contributed by atoms with Crippen LogP contribution >= 0.6 is 0 Å². The van der Waals surface area contributed by atoms with Gasteiger partial charge in [0.1, 0.15) is 18.1 Å². The second-order valence-electron chi connectivity index (χ2n) is 7.98. The summed E-state index contributed by atoms with van der Waals surface area (Å²) in [4.78, 5) is 78.4. The molecule has 5 atom stereocenters. The van der Waals surface area contributed by atoms with Gasteiger partial charge in [-0.2, -0.15) is 0 Å². The van der Waals surface area contributed by atoms with Crippen molar-refractivity contribution in [1.82, 2.24) is 25.9 Å². The van der Waals surface area contributed by atoms with Crippen molar-refractivity contribution >= 4 is 35.6 Å². The van der Waals surface area contributed by atoms with Crippen molar-refractivity contribution in [3.05, 3.63) is 18.2 Å². The molecule has 1 aromatic rings. The monoisotopic (exact) mass is 497 g/mol. The summed E-state index contributed by atoms with van der Waals surface area (Å²) in [5.41, 5.74) is 11.3. The van der Waals surface area contributed by atoms with E-state index in [0.717, 1.165) is 0 Å². The first-order valence-electron chi connectivity index (χ1n) is 10.7. The van der Waals surface area contributed by atoms with Gasteiger partial charge in [-0.15, -0.1) is 0 Å². The fraction of sp³-hybridized carbons (Fsp3) is 0.550. The normalized spacial score (nSPS) is 15.1. The summed E-state index contributed by atoms with van der Waals surface area (Å²) in [5.74, 6) is -6.91. The van der Waals surface area contributed by atoms with E-state index in [4.69, 9.17) is 11.5 Å². The van der Waals surface area contributed by atoms with Crippen molar-refractivity contribution in [3.63, 3.8) is 0 Å². The Hall–Kier alpha value is -4.01. The molecule has 15 heteroatoms. The Balaban J connectivity index is 3.10. The molecule has 35 heavy (non-hydrogen) atoms. The highest BCUT2D eigenvalue weighted by Crippen LogP contribution is 2.07. The van der Waals surface area contributed by atoms with Crippen LogP contribution in [0.1, 0.15) is 38.8 Å². The topological polar surface area (TPSA) is 260 Å². The Morgan fingerprint density at radius 3 is 2.03 bits per heavy atom. The van der Waals surface area contributed by atoms with Crippen LogP contribution in [0.2, 0.25) is 0 Å². The molecule has 5 unspecified atom stereocenters. The molecule has 0 spiro atoms. The number of hydrogen-bond donors (Lipinski definition) is 8. The van der Waals surface area contributed by atoms with E-state index in [1.165, 1.54) is 12.5 Å². The third-order valence-electron chi connectivity index (χ3n) is 5.20. The van der Waals surface area contributed by atoms with Gasteiger partial charge in [0, 0.05) is 18.3 Å². The Morgan fingerprint density at radius 1 is 0.971 bits per heavy atom. The number of primary amides is 1. The van der Waals surface area contributed by atoms with Crippen LogP contribution in [0.3, 0.4) is 0 Å². The molecule has 0 bridgehead atoms. The van der Waals surface area contributed by atoms with Crippen molar-refractivity contribution in [1.29, 1.82) is 0 Å². The van der Waals surface area contributed by atoms with Crippen LogP contribution in [0.5, 0.6) is 0 Å². The third-order valence-corrected chi connectivity index (χ3v) is 5.20.